The van der Waals surface area contributed by atoms with Gasteiger partial charge in [-0.15, -0.1) is 0 Å². The molecule has 3 aliphatic carbocycles. The van der Waals surface area contributed by atoms with E-state index in [9.17, 15) is 35.1 Å². The number of aliphatic hydroxyl groups is 3. The number of carbonyl (C=O) groups is 2. The van der Waals surface area contributed by atoms with Crippen LogP contribution in [-0.2, 0) is 25.5 Å². The number of rotatable bonds is 3. The minimum atomic E-state index is -1.88. The van der Waals surface area contributed by atoms with E-state index in [0.29, 0.717) is 12.8 Å². The molecule has 5 rings (SSSR count). The molecule has 1 aliphatic heterocycles. The smallest absolute Gasteiger partial charge is 0.187 e. The van der Waals surface area contributed by atoms with Crippen LogP contribution < -0.4 is 5.11 Å². The van der Waals surface area contributed by atoms with Crippen LogP contribution >= 0.6 is 0 Å². The summed E-state index contributed by atoms with van der Waals surface area (Å²) in [6.45, 7) is 1.95. The van der Waals surface area contributed by atoms with Crippen LogP contribution in [0, 0.1) is 17.3 Å². The van der Waals surface area contributed by atoms with E-state index >= 15 is 0 Å². The first-order valence-corrected chi connectivity index (χ1v) is 11.5. The first-order chi connectivity index (χ1) is 15.6. The van der Waals surface area contributed by atoms with E-state index in [1.165, 1.54) is 5.56 Å². The number of ether oxygens (including phenoxy) is 2. The lowest BCUT2D eigenvalue weighted by molar-refractivity contribution is -0.351. The second kappa shape index (κ2) is 8.02. The summed E-state index contributed by atoms with van der Waals surface area (Å²) in [5, 5.41) is 51.3. The largest absolute Gasteiger partial charge is 0.547 e. The Morgan fingerprint density at radius 1 is 1.18 bits per heavy atom. The van der Waals surface area contributed by atoms with E-state index in [0.717, 1.165) is 24.8 Å². The number of aliphatic carboxylic acids is 1. The minimum Gasteiger partial charge on any atom is -0.547 e. The number of aliphatic hydroxyl groups excluding tert-OH is 3. The van der Waals surface area contributed by atoms with Crippen LogP contribution in [0.15, 0.2) is 18.2 Å². The molecular weight excluding hydrogens is 432 g/mol. The molecule has 0 bridgehead atoms. The van der Waals surface area contributed by atoms with E-state index in [-0.39, 0.29) is 29.3 Å². The molecule has 1 aromatic rings. The molecule has 10 atom stereocenters. The van der Waals surface area contributed by atoms with E-state index in [2.05, 4.69) is 0 Å². The third-order valence-corrected chi connectivity index (χ3v) is 8.52. The summed E-state index contributed by atoms with van der Waals surface area (Å²) in [6, 6.07) is 5.50. The Morgan fingerprint density at radius 3 is 2.67 bits per heavy atom. The van der Waals surface area contributed by atoms with Gasteiger partial charge >= 0.3 is 0 Å². The van der Waals surface area contributed by atoms with Crippen molar-refractivity contribution >= 4 is 11.8 Å². The zero-order valence-corrected chi connectivity index (χ0v) is 18.3. The normalized spacial score (nSPS) is 44.6. The quantitative estimate of drug-likeness (QED) is 0.460. The van der Waals surface area contributed by atoms with Crippen molar-refractivity contribution in [3.63, 3.8) is 0 Å². The fraction of sp³-hybridized carbons (Fsp3) is 0.667. The molecule has 0 aromatic heterocycles. The van der Waals surface area contributed by atoms with Crippen molar-refractivity contribution in [2.75, 3.05) is 0 Å². The number of fused-ring (bicyclic) bond motifs is 5. The average Bonchev–Trinajstić information content (AvgIpc) is 3.03. The van der Waals surface area contributed by atoms with Crippen LogP contribution in [0.3, 0.4) is 0 Å². The highest BCUT2D eigenvalue weighted by Crippen LogP contribution is 2.60. The molecule has 9 heteroatoms. The van der Waals surface area contributed by atoms with Crippen molar-refractivity contribution < 1.29 is 44.6 Å². The number of hydrogen-bond acceptors (Lipinski definition) is 9. The van der Waals surface area contributed by atoms with E-state index < -0.39 is 48.2 Å². The maximum absolute atomic E-state index is 13.4. The number of carboxylic acid groups (broad SMARTS) is 1. The van der Waals surface area contributed by atoms with Crippen LogP contribution in [0.5, 0.6) is 5.75 Å². The highest BCUT2D eigenvalue weighted by molar-refractivity contribution is 5.91. The van der Waals surface area contributed by atoms with Crippen LogP contribution in [0.4, 0.5) is 0 Å². The van der Waals surface area contributed by atoms with Crippen LogP contribution in [-0.4, -0.2) is 69.0 Å². The van der Waals surface area contributed by atoms with Gasteiger partial charge in [0.25, 0.3) is 0 Å². The molecule has 1 heterocycles. The highest BCUT2D eigenvalue weighted by Gasteiger charge is 2.59. The number of aryl methyl sites for hydroxylation is 1. The maximum Gasteiger partial charge on any atom is 0.187 e. The van der Waals surface area contributed by atoms with Gasteiger partial charge in [0.2, 0.25) is 0 Å². The Bertz CT molecular complexity index is 963. The van der Waals surface area contributed by atoms with Crippen LogP contribution in [0.25, 0.3) is 0 Å². The molecule has 0 spiro atoms. The monoisotopic (exact) mass is 461 g/mol. The molecule has 4 N–H and O–H groups in total. The average molecular weight is 461 g/mol. The number of carbonyl (C=O) groups excluding carboxylic acids is 2. The Kier molecular flexibility index (Phi) is 5.53. The van der Waals surface area contributed by atoms with Crippen molar-refractivity contribution in [1.82, 2.24) is 0 Å². The maximum atomic E-state index is 13.4. The molecular formula is C24H29O9-. The fourth-order valence-electron chi connectivity index (χ4n) is 6.77. The molecule has 0 radical (unpaired) electrons. The summed E-state index contributed by atoms with van der Waals surface area (Å²) in [4.78, 5) is 24.7. The summed E-state index contributed by atoms with van der Waals surface area (Å²) in [7, 11) is 0. The summed E-state index contributed by atoms with van der Waals surface area (Å²) in [5.74, 6) is -0.998. The number of hydrogen-bond donors (Lipinski definition) is 4. The molecule has 9 nitrogen and oxygen atoms in total. The standard InChI is InChI=1S/C24H30O9/c1-24-7-6-13-12-5-3-11(25)8-10(12)2-4-14(13)15(24)9-16(21(24)29)32-23-19(28)17(26)18(27)20(33-23)22(30)31/h3,5,8,13-20,23,25-28H,2,4,6-7,9H2,1H3,(H,30,31)/p-1/t13-,14-,15+,16-,17+,18+,19-,20+,23-,24+/m1/s1. The van der Waals surface area contributed by atoms with Gasteiger partial charge in [-0.3, -0.25) is 4.79 Å². The van der Waals surface area contributed by atoms with E-state index in [1.54, 1.807) is 6.07 Å². The molecule has 33 heavy (non-hydrogen) atoms. The lowest BCUT2D eigenvalue weighted by Gasteiger charge is -2.48. The number of Topliss-reactive ketones (excluding diaryl/α,β-unsaturated/α-hetero) is 1. The minimum absolute atomic E-state index is 0.0453. The van der Waals surface area contributed by atoms with Gasteiger partial charge in [0, 0.05) is 5.41 Å². The Morgan fingerprint density at radius 2 is 1.94 bits per heavy atom. The van der Waals surface area contributed by atoms with E-state index in [1.807, 2.05) is 19.1 Å². The van der Waals surface area contributed by atoms with Crippen molar-refractivity contribution in [1.29, 1.82) is 0 Å². The van der Waals surface area contributed by atoms with Gasteiger partial charge in [0.1, 0.15) is 36.3 Å². The summed E-state index contributed by atoms with van der Waals surface area (Å²) >= 11 is 0. The number of carboxylic acids is 1. The molecule has 1 saturated heterocycles. The van der Waals surface area contributed by atoms with E-state index in [4.69, 9.17) is 9.47 Å². The number of aromatic hydroxyl groups is 1. The van der Waals surface area contributed by atoms with Gasteiger partial charge in [0.15, 0.2) is 12.1 Å². The van der Waals surface area contributed by atoms with Gasteiger partial charge < -0.3 is 39.8 Å². The van der Waals surface area contributed by atoms with Gasteiger partial charge in [-0.05, 0) is 73.1 Å². The van der Waals surface area contributed by atoms with Gasteiger partial charge in [-0.25, -0.2) is 0 Å². The molecule has 0 amide bonds. The molecule has 1 aromatic carbocycles. The van der Waals surface area contributed by atoms with Crippen LogP contribution in [0.1, 0.15) is 49.7 Å². The summed E-state index contributed by atoms with van der Waals surface area (Å²) < 4.78 is 11.0. The third kappa shape index (κ3) is 3.49. The number of phenols is 1. The Labute approximate surface area is 190 Å². The topological polar surface area (TPSA) is 157 Å². The van der Waals surface area contributed by atoms with Gasteiger partial charge in [0.05, 0.1) is 5.97 Å². The third-order valence-electron chi connectivity index (χ3n) is 8.52. The molecule has 2 saturated carbocycles. The zero-order chi connectivity index (χ0) is 23.7. The zero-order valence-electron chi connectivity index (χ0n) is 18.3. The molecule has 3 fully saturated rings. The number of phenolic OH excluding ortho intramolecular Hbond substituents is 1. The molecule has 4 aliphatic rings. The second-order valence-corrected chi connectivity index (χ2v) is 10.2. The van der Waals surface area contributed by atoms with Crippen molar-refractivity contribution in [3.8, 4) is 5.75 Å². The van der Waals surface area contributed by atoms with Crippen molar-refractivity contribution in [2.24, 2.45) is 17.3 Å². The second-order valence-electron chi connectivity index (χ2n) is 10.2. The lowest BCUT2D eigenvalue weighted by atomic mass is 9.55. The first-order valence-electron chi connectivity index (χ1n) is 11.5. The summed E-state index contributed by atoms with van der Waals surface area (Å²) in [5.41, 5.74) is 1.77. The SMILES string of the molecule is C[C@]12CC[C@@H]3c4ccc(O)cc4CC[C@H]3[C@@H]1C[C@@H](O[C@@H]1O[C@H](C(=O)[O-])[C@@H](O)[C@H](O)[C@H]1O)C2=O. The first kappa shape index (κ1) is 22.7. The predicted octanol–water partition coefficient (Wildman–Crippen LogP) is -0.630. The Balaban J connectivity index is 1.36. The number of benzene rings is 1. The summed E-state index contributed by atoms with van der Waals surface area (Å²) in [6.07, 6.45) is -6.11. The Hall–Kier alpha value is -2.04. The van der Waals surface area contributed by atoms with Crippen molar-refractivity contribution in [3.05, 3.63) is 29.3 Å². The fourth-order valence-corrected chi connectivity index (χ4v) is 6.77. The van der Waals surface area contributed by atoms with Crippen molar-refractivity contribution in [2.45, 2.75) is 81.8 Å². The molecule has 0 unspecified atom stereocenters. The lowest BCUT2D eigenvalue weighted by Crippen LogP contribution is -2.63. The van der Waals surface area contributed by atoms with Gasteiger partial charge in [-0.2, -0.15) is 0 Å². The predicted molar refractivity (Wildman–Crippen MR) is 110 cm³/mol. The van der Waals surface area contributed by atoms with Crippen LogP contribution in [0.2, 0.25) is 0 Å². The number of ketones is 1. The highest BCUT2D eigenvalue weighted by atomic mass is 16.7. The van der Waals surface area contributed by atoms with Gasteiger partial charge in [-0.1, -0.05) is 13.0 Å². The molecule has 180 valence electrons.